The number of ether oxygens (including phenoxy) is 1. The normalized spacial score (nSPS) is 11.2. The highest BCUT2D eigenvalue weighted by atomic mass is 79.9. The van der Waals surface area contributed by atoms with Crippen LogP contribution >= 0.6 is 27.3 Å². The monoisotopic (exact) mass is 376 g/mol. The van der Waals surface area contributed by atoms with Gasteiger partial charge in [-0.15, -0.1) is 15.3 Å². The molecule has 0 amide bonds. The lowest BCUT2D eigenvalue weighted by Crippen LogP contribution is -1.94. The average molecular weight is 377 g/mol. The van der Waals surface area contributed by atoms with Crippen LogP contribution in [0.25, 0.3) is 27.1 Å². The van der Waals surface area contributed by atoms with Gasteiger partial charge in [0.05, 0.1) is 12.7 Å². The molecule has 4 rings (SSSR count). The zero-order valence-electron chi connectivity index (χ0n) is 11.4. The number of para-hydroxylation sites is 1. The van der Waals surface area contributed by atoms with E-state index in [2.05, 4.69) is 31.2 Å². The van der Waals surface area contributed by atoms with Gasteiger partial charge in [0.15, 0.2) is 21.3 Å². The Morgan fingerprint density at radius 1 is 1.18 bits per heavy atom. The number of hydrogen-bond donors (Lipinski definition) is 0. The summed E-state index contributed by atoms with van der Waals surface area (Å²) in [4.78, 5) is 0.698. The Kier molecular flexibility index (Phi) is 3.20. The summed E-state index contributed by atoms with van der Waals surface area (Å²) in [5.41, 5.74) is 0.843. The molecule has 3 heterocycles. The third-order valence-corrected chi connectivity index (χ3v) is 4.46. The first-order valence-electron chi connectivity index (χ1n) is 6.37. The molecule has 0 aliphatic heterocycles. The maximum Gasteiger partial charge on any atom is 0.235 e. The van der Waals surface area contributed by atoms with E-state index in [0.717, 1.165) is 16.3 Å². The number of nitrogens with zero attached hydrogens (tertiary/aromatic N) is 4. The van der Waals surface area contributed by atoms with Gasteiger partial charge in [-0.25, -0.2) is 0 Å². The Labute approximate surface area is 137 Å². The van der Waals surface area contributed by atoms with Crippen LogP contribution in [-0.2, 0) is 0 Å². The van der Waals surface area contributed by atoms with E-state index < -0.39 is 0 Å². The molecule has 4 aromatic rings. The van der Waals surface area contributed by atoms with Crippen LogP contribution in [-0.4, -0.2) is 26.9 Å². The predicted octanol–water partition coefficient (Wildman–Crippen LogP) is 3.88. The predicted molar refractivity (Wildman–Crippen MR) is 86.0 cm³/mol. The van der Waals surface area contributed by atoms with E-state index in [1.165, 1.54) is 11.3 Å². The SMILES string of the molecule is COc1ccccc1-c1nnc2sc(-c3ccc(Br)o3)nn12. The Morgan fingerprint density at radius 2 is 2.05 bits per heavy atom. The van der Waals surface area contributed by atoms with E-state index in [-0.39, 0.29) is 0 Å². The number of methoxy groups -OCH3 is 1. The molecule has 0 aliphatic rings. The summed E-state index contributed by atoms with van der Waals surface area (Å²) in [5.74, 6) is 2.06. The van der Waals surface area contributed by atoms with Gasteiger partial charge < -0.3 is 9.15 Å². The highest BCUT2D eigenvalue weighted by molar-refractivity contribution is 9.10. The molecule has 0 radical (unpaired) electrons. The minimum atomic E-state index is 0.639. The second kappa shape index (κ2) is 5.22. The molecule has 0 saturated carbocycles. The molecule has 0 aliphatic carbocycles. The Bertz CT molecular complexity index is 959. The molecular weight excluding hydrogens is 368 g/mol. The summed E-state index contributed by atoms with van der Waals surface area (Å²) in [6, 6.07) is 11.3. The van der Waals surface area contributed by atoms with Crippen molar-refractivity contribution in [3.8, 4) is 27.9 Å². The van der Waals surface area contributed by atoms with Crippen molar-refractivity contribution in [3.63, 3.8) is 0 Å². The molecule has 1 aromatic carbocycles. The van der Waals surface area contributed by atoms with Crippen LogP contribution in [0.15, 0.2) is 45.5 Å². The van der Waals surface area contributed by atoms with Gasteiger partial charge in [0, 0.05) is 0 Å². The van der Waals surface area contributed by atoms with E-state index in [1.807, 2.05) is 36.4 Å². The van der Waals surface area contributed by atoms with Crippen LogP contribution in [0.4, 0.5) is 0 Å². The lowest BCUT2D eigenvalue weighted by Gasteiger charge is -2.04. The number of aromatic nitrogens is 4. The molecule has 22 heavy (non-hydrogen) atoms. The van der Waals surface area contributed by atoms with Gasteiger partial charge in [-0.2, -0.15) is 4.52 Å². The standard InChI is InChI=1S/C14H9BrN4O2S/c1-20-9-5-3-2-4-8(9)12-16-17-14-19(12)18-13(22-14)10-6-7-11(15)21-10/h2-7H,1H3. The van der Waals surface area contributed by atoms with Gasteiger partial charge in [0.1, 0.15) is 5.75 Å². The summed E-state index contributed by atoms with van der Waals surface area (Å²) in [7, 11) is 1.63. The topological polar surface area (TPSA) is 65.5 Å². The molecule has 0 unspecified atom stereocenters. The lowest BCUT2D eigenvalue weighted by atomic mass is 10.2. The van der Waals surface area contributed by atoms with E-state index in [9.17, 15) is 0 Å². The fourth-order valence-corrected chi connectivity index (χ4v) is 3.25. The number of benzene rings is 1. The summed E-state index contributed by atoms with van der Waals surface area (Å²) < 4.78 is 13.3. The number of halogens is 1. The lowest BCUT2D eigenvalue weighted by molar-refractivity contribution is 0.416. The molecule has 3 aromatic heterocycles. The van der Waals surface area contributed by atoms with Crippen molar-refractivity contribution >= 4 is 32.2 Å². The number of furan rings is 1. The highest BCUT2D eigenvalue weighted by Gasteiger charge is 2.18. The fourth-order valence-electron chi connectivity index (χ4n) is 2.14. The largest absolute Gasteiger partial charge is 0.496 e. The van der Waals surface area contributed by atoms with E-state index in [0.29, 0.717) is 21.2 Å². The van der Waals surface area contributed by atoms with Crippen molar-refractivity contribution in [1.29, 1.82) is 0 Å². The second-order valence-corrected chi connectivity index (χ2v) is 6.17. The van der Waals surface area contributed by atoms with Crippen molar-refractivity contribution in [1.82, 2.24) is 19.8 Å². The van der Waals surface area contributed by atoms with E-state index in [4.69, 9.17) is 9.15 Å². The molecule has 0 atom stereocenters. The maximum atomic E-state index is 5.54. The molecule has 0 spiro atoms. The third kappa shape index (κ3) is 2.11. The number of fused-ring (bicyclic) bond motifs is 1. The van der Waals surface area contributed by atoms with Gasteiger partial charge in [-0.05, 0) is 40.2 Å². The molecule has 110 valence electrons. The van der Waals surface area contributed by atoms with E-state index in [1.54, 1.807) is 11.6 Å². The molecule has 8 heteroatoms. The van der Waals surface area contributed by atoms with Crippen molar-refractivity contribution in [2.24, 2.45) is 0 Å². The average Bonchev–Trinajstić information content (AvgIpc) is 3.21. The maximum absolute atomic E-state index is 5.54. The zero-order chi connectivity index (χ0) is 15.1. The molecule has 0 N–H and O–H groups in total. The molecule has 0 bridgehead atoms. The third-order valence-electron chi connectivity index (χ3n) is 3.12. The fraction of sp³-hybridized carbons (Fsp3) is 0.0714. The van der Waals surface area contributed by atoms with Crippen LogP contribution in [0.1, 0.15) is 0 Å². The van der Waals surface area contributed by atoms with Gasteiger partial charge in [-0.3, -0.25) is 0 Å². The Morgan fingerprint density at radius 3 is 2.82 bits per heavy atom. The Balaban J connectivity index is 1.88. The van der Waals surface area contributed by atoms with Crippen molar-refractivity contribution < 1.29 is 9.15 Å². The van der Waals surface area contributed by atoms with Crippen molar-refractivity contribution in [2.75, 3.05) is 7.11 Å². The van der Waals surface area contributed by atoms with Gasteiger partial charge in [-0.1, -0.05) is 23.5 Å². The van der Waals surface area contributed by atoms with Crippen LogP contribution in [0, 0.1) is 0 Å². The Hall–Kier alpha value is -2.19. The summed E-state index contributed by atoms with van der Waals surface area (Å²) >= 11 is 4.71. The smallest absolute Gasteiger partial charge is 0.235 e. The first-order valence-corrected chi connectivity index (χ1v) is 7.98. The quantitative estimate of drug-likeness (QED) is 0.542. The minimum Gasteiger partial charge on any atom is -0.496 e. The van der Waals surface area contributed by atoms with Crippen molar-refractivity contribution in [3.05, 3.63) is 41.1 Å². The zero-order valence-corrected chi connectivity index (χ0v) is 13.8. The molecule has 6 nitrogen and oxygen atoms in total. The first kappa shape index (κ1) is 13.5. The summed E-state index contributed by atoms with van der Waals surface area (Å²) in [6.45, 7) is 0. The van der Waals surface area contributed by atoms with Gasteiger partial charge in [0.2, 0.25) is 4.96 Å². The minimum absolute atomic E-state index is 0.639. The molecular formula is C14H9BrN4O2S. The van der Waals surface area contributed by atoms with Crippen LogP contribution in [0.2, 0.25) is 0 Å². The highest BCUT2D eigenvalue weighted by Crippen LogP contribution is 2.33. The van der Waals surface area contributed by atoms with Crippen LogP contribution in [0.3, 0.4) is 0 Å². The van der Waals surface area contributed by atoms with E-state index >= 15 is 0 Å². The first-order chi connectivity index (χ1) is 10.8. The van der Waals surface area contributed by atoms with Gasteiger partial charge in [0.25, 0.3) is 0 Å². The summed E-state index contributed by atoms with van der Waals surface area (Å²) in [6.07, 6.45) is 0. The van der Waals surface area contributed by atoms with Crippen molar-refractivity contribution in [2.45, 2.75) is 0 Å². The van der Waals surface area contributed by atoms with Gasteiger partial charge >= 0.3 is 0 Å². The molecule has 0 fully saturated rings. The van der Waals surface area contributed by atoms with Crippen LogP contribution < -0.4 is 4.74 Å². The molecule has 0 saturated heterocycles. The number of rotatable bonds is 3. The van der Waals surface area contributed by atoms with Crippen LogP contribution in [0.5, 0.6) is 5.75 Å². The summed E-state index contributed by atoms with van der Waals surface area (Å²) in [5, 5.41) is 13.7. The number of hydrogen-bond acceptors (Lipinski definition) is 6. The second-order valence-electron chi connectivity index (χ2n) is 4.43.